The molecular weight excluding hydrogens is 364 g/mol. The molecule has 0 unspecified atom stereocenters. The Kier molecular flexibility index (Phi) is 5.42. The van der Waals surface area contributed by atoms with Gasteiger partial charge in [-0.05, 0) is 42.0 Å². The number of nitrogens with one attached hydrogen (secondary N) is 1. The van der Waals surface area contributed by atoms with Crippen molar-refractivity contribution in [3.05, 3.63) is 84.7 Å². The van der Waals surface area contributed by atoms with Crippen LogP contribution in [-0.4, -0.2) is 21.9 Å². The molecule has 2 aromatic carbocycles. The minimum absolute atomic E-state index is 0.667. The van der Waals surface area contributed by atoms with E-state index in [9.17, 15) is 0 Å². The Labute approximate surface area is 169 Å². The molecule has 0 radical (unpaired) electrons. The van der Waals surface area contributed by atoms with Crippen LogP contribution >= 0.6 is 0 Å². The lowest BCUT2D eigenvalue weighted by Gasteiger charge is -2.11. The number of anilines is 1. The van der Waals surface area contributed by atoms with Gasteiger partial charge >= 0.3 is 0 Å². The van der Waals surface area contributed by atoms with E-state index in [-0.39, 0.29) is 0 Å². The SMILES string of the molecule is COc1ccccc1Oc1ccc(CNc2cn(C)nc2-c2ccccn2)cc1. The summed E-state index contributed by atoms with van der Waals surface area (Å²) >= 11 is 0. The summed E-state index contributed by atoms with van der Waals surface area (Å²) in [6, 6.07) is 21.4. The molecule has 6 heteroatoms. The second-order valence-electron chi connectivity index (χ2n) is 6.53. The average Bonchev–Trinajstić information content (AvgIpc) is 3.15. The molecule has 0 saturated heterocycles. The van der Waals surface area contributed by atoms with Crippen molar-refractivity contribution in [2.24, 2.45) is 7.05 Å². The number of rotatable bonds is 7. The van der Waals surface area contributed by atoms with E-state index in [1.165, 1.54) is 0 Å². The van der Waals surface area contributed by atoms with E-state index in [2.05, 4.69) is 15.4 Å². The van der Waals surface area contributed by atoms with Crippen molar-refractivity contribution >= 4 is 5.69 Å². The zero-order valence-electron chi connectivity index (χ0n) is 16.4. The van der Waals surface area contributed by atoms with Gasteiger partial charge in [0.05, 0.1) is 18.5 Å². The Balaban J connectivity index is 1.44. The number of ether oxygens (including phenoxy) is 2. The molecule has 4 aromatic rings. The van der Waals surface area contributed by atoms with Crippen LogP contribution in [0.15, 0.2) is 79.1 Å². The van der Waals surface area contributed by atoms with Crippen molar-refractivity contribution in [2.45, 2.75) is 6.54 Å². The largest absolute Gasteiger partial charge is 0.493 e. The van der Waals surface area contributed by atoms with Crippen molar-refractivity contribution in [3.8, 4) is 28.6 Å². The number of nitrogens with zero attached hydrogens (tertiary/aromatic N) is 3. The smallest absolute Gasteiger partial charge is 0.169 e. The van der Waals surface area contributed by atoms with Gasteiger partial charge in [0, 0.05) is 26.0 Å². The van der Waals surface area contributed by atoms with Gasteiger partial charge in [-0.2, -0.15) is 5.10 Å². The average molecular weight is 386 g/mol. The Hall–Kier alpha value is -3.80. The fourth-order valence-corrected chi connectivity index (χ4v) is 3.01. The molecule has 0 fully saturated rings. The van der Waals surface area contributed by atoms with Gasteiger partial charge in [-0.3, -0.25) is 9.67 Å². The summed E-state index contributed by atoms with van der Waals surface area (Å²) in [6.07, 6.45) is 3.73. The molecule has 6 nitrogen and oxygen atoms in total. The lowest BCUT2D eigenvalue weighted by molar-refractivity contribution is 0.379. The highest BCUT2D eigenvalue weighted by Crippen LogP contribution is 2.31. The van der Waals surface area contributed by atoms with E-state index in [0.29, 0.717) is 18.0 Å². The predicted octanol–water partition coefficient (Wildman–Crippen LogP) is 4.90. The van der Waals surface area contributed by atoms with Gasteiger partial charge in [0.25, 0.3) is 0 Å². The summed E-state index contributed by atoms with van der Waals surface area (Å²) in [4.78, 5) is 4.40. The molecule has 0 aliphatic rings. The second-order valence-corrected chi connectivity index (χ2v) is 6.53. The molecule has 2 heterocycles. The number of hydrogen-bond acceptors (Lipinski definition) is 5. The van der Waals surface area contributed by atoms with Crippen LogP contribution in [0.3, 0.4) is 0 Å². The Morgan fingerprint density at radius 2 is 1.69 bits per heavy atom. The molecule has 2 aromatic heterocycles. The maximum Gasteiger partial charge on any atom is 0.169 e. The van der Waals surface area contributed by atoms with Crippen LogP contribution in [0.5, 0.6) is 17.2 Å². The molecular formula is C23H22N4O2. The van der Waals surface area contributed by atoms with E-state index in [1.54, 1.807) is 18.0 Å². The first kappa shape index (κ1) is 18.6. The van der Waals surface area contributed by atoms with Gasteiger partial charge in [-0.15, -0.1) is 0 Å². The fraction of sp³-hybridized carbons (Fsp3) is 0.130. The molecule has 0 bridgehead atoms. The number of benzene rings is 2. The van der Waals surface area contributed by atoms with E-state index in [4.69, 9.17) is 9.47 Å². The van der Waals surface area contributed by atoms with E-state index >= 15 is 0 Å². The maximum absolute atomic E-state index is 5.93. The number of pyridine rings is 1. The van der Waals surface area contributed by atoms with Gasteiger partial charge in [0.15, 0.2) is 11.5 Å². The van der Waals surface area contributed by atoms with Crippen LogP contribution in [0.25, 0.3) is 11.4 Å². The number of aryl methyl sites for hydroxylation is 1. The Bertz CT molecular complexity index is 1080. The second kappa shape index (κ2) is 8.48. The van der Waals surface area contributed by atoms with Crippen LogP contribution in [0.1, 0.15) is 5.56 Å². The van der Waals surface area contributed by atoms with Crippen LogP contribution in [-0.2, 0) is 13.6 Å². The summed E-state index contributed by atoms with van der Waals surface area (Å²) in [7, 11) is 3.54. The minimum atomic E-state index is 0.667. The summed E-state index contributed by atoms with van der Waals surface area (Å²) in [5.74, 6) is 2.15. The highest BCUT2D eigenvalue weighted by molar-refractivity contribution is 5.71. The summed E-state index contributed by atoms with van der Waals surface area (Å²) in [5.41, 5.74) is 3.76. The molecule has 0 atom stereocenters. The normalized spacial score (nSPS) is 10.6. The van der Waals surface area contributed by atoms with Gasteiger partial charge in [-0.25, -0.2) is 0 Å². The van der Waals surface area contributed by atoms with Crippen LogP contribution in [0.4, 0.5) is 5.69 Å². The fourth-order valence-electron chi connectivity index (χ4n) is 3.01. The van der Waals surface area contributed by atoms with Gasteiger partial charge < -0.3 is 14.8 Å². The number of aromatic nitrogens is 3. The lowest BCUT2D eigenvalue weighted by atomic mass is 10.2. The molecule has 146 valence electrons. The summed E-state index contributed by atoms with van der Waals surface area (Å²) in [5, 5.41) is 7.98. The number of hydrogen-bond donors (Lipinski definition) is 1. The van der Waals surface area contributed by atoms with E-state index < -0.39 is 0 Å². The molecule has 0 spiro atoms. The van der Waals surface area contributed by atoms with E-state index in [1.807, 2.05) is 80.0 Å². The topological polar surface area (TPSA) is 61.2 Å². The third-order valence-corrected chi connectivity index (χ3v) is 4.44. The minimum Gasteiger partial charge on any atom is -0.493 e. The van der Waals surface area contributed by atoms with Crippen molar-refractivity contribution < 1.29 is 9.47 Å². The van der Waals surface area contributed by atoms with Crippen molar-refractivity contribution in [3.63, 3.8) is 0 Å². The first-order valence-corrected chi connectivity index (χ1v) is 9.31. The molecule has 0 aliphatic carbocycles. The standard InChI is InChI=1S/C23H22N4O2/c1-27-16-20(23(26-27)19-7-5-6-14-24-19)25-15-17-10-12-18(13-11-17)29-22-9-4-3-8-21(22)28-2/h3-14,16,25H,15H2,1-2H3. The highest BCUT2D eigenvalue weighted by atomic mass is 16.5. The van der Waals surface area contributed by atoms with Gasteiger partial charge in [0.1, 0.15) is 11.4 Å². The van der Waals surface area contributed by atoms with Gasteiger partial charge in [0.2, 0.25) is 0 Å². The molecule has 0 amide bonds. The molecule has 4 rings (SSSR count). The van der Waals surface area contributed by atoms with Crippen LogP contribution in [0, 0.1) is 0 Å². The molecule has 1 N–H and O–H groups in total. The maximum atomic E-state index is 5.93. The number of para-hydroxylation sites is 2. The number of methoxy groups -OCH3 is 1. The Morgan fingerprint density at radius 3 is 2.41 bits per heavy atom. The third-order valence-electron chi connectivity index (χ3n) is 4.44. The van der Waals surface area contributed by atoms with Crippen molar-refractivity contribution in [2.75, 3.05) is 12.4 Å². The molecule has 0 saturated carbocycles. The highest BCUT2D eigenvalue weighted by Gasteiger charge is 2.11. The zero-order valence-corrected chi connectivity index (χ0v) is 16.4. The Morgan fingerprint density at radius 1 is 0.931 bits per heavy atom. The zero-order chi connectivity index (χ0) is 20.1. The quantitative estimate of drug-likeness (QED) is 0.490. The van der Waals surface area contributed by atoms with Crippen LogP contribution < -0.4 is 14.8 Å². The monoisotopic (exact) mass is 386 g/mol. The summed E-state index contributed by atoms with van der Waals surface area (Å²) < 4.78 is 13.1. The predicted molar refractivity (Wildman–Crippen MR) is 113 cm³/mol. The van der Waals surface area contributed by atoms with Crippen molar-refractivity contribution in [1.82, 2.24) is 14.8 Å². The first-order chi connectivity index (χ1) is 14.2. The van der Waals surface area contributed by atoms with Crippen molar-refractivity contribution in [1.29, 1.82) is 0 Å². The summed E-state index contributed by atoms with van der Waals surface area (Å²) in [6.45, 7) is 0.667. The third kappa shape index (κ3) is 4.38. The molecule has 29 heavy (non-hydrogen) atoms. The van der Waals surface area contributed by atoms with Crippen LogP contribution in [0.2, 0.25) is 0 Å². The first-order valence-electron chi connectivity index (χ1n) is 9.31. The molecule has 0 aliphatic heterocycles. The van der Waals surface area contributed by atoms with E-state index in [0.717, 1.165) is 28.4 Å². The van der Waals surface area contributed by atoms with Gasteiger partial charge in [-0.1, -0.05) is 30.3 Å². The lowest BCUT2D eigenvalue weighted by Crippen LogP contribution is -2.00.